The molecule has 0 aromatic carbocycles. The fourth-order valence-electron chi connectivity index (χ4n) is 1.71. The third kappa shape index (κ3) is 3.81. The summed E-state index contributed by atoms with van der Waals surface area (Å²) >= 11 is 0. The van der Waals surface area contributed by atoms with Gasteiger partial charge in [0.1, 0.15) is 0 Å². The molecule has 0 bridgehead atoms. The predicted molar refractivity (Wildman–Crippen MR) is 60.1 cm³/mol. The minimum Gasteiger partial charge on any atom is -0.468 e. The lowest BCUT2D eigenvalue weighted by molar-refractivity contribution is -0.141. The van der Waals surface area contributed by atoms with Crippen molar-refractivity contribution >= 4 is 17.8 Å². The van der Waals surface area contributed by atoms with E-state index in [9.17, 15) is 14.4 Å². The first kappa shape index (κ1) is 13.6. The molecule has 0 aromatic rings. The summed E-state index contributed by atoms with van der Waals surface area (Å²) in [5, 5.41) is 0. The molecule has 17 heavy (non-hydrogen) atoms. The van der Waals surface area contributed by atoms with Gasteiger partial charge in [0.25, 0.3) is 0 Å². The zero-order valence-corrected chi connectivity index (χ0v) is 10.3. The molecule has 0 N–H and O–H groups in total. The summed E-state index contributed by atoms with van der Waals surface area (Å²) in [6, 6.07) is 0. The molecule has 0 unspecified atom stereocenters. The van der Waals surface area contributed by atoms with E-state index in [1.807, 2.05) is 11.8 Å². The van der Waals surface area contributed by atoms with Crippen molar-refractivity contribution in [2.45, 2.75) is 19.8 Å². The van der Waals surface area contributed by atoms with E-state index in [2.05, 4.69) is 4.74 Å². The number of carbonyl (C=O) groups is 3. The van der Waals surface area contributed by atoms with Crippen LogP contribution in [-0.4, -0.2) is 60.9 Å². The van der Waals surface area contributed by atoms with Gasteiger partial charge in [-0.05, 0) is 6.54 Å². The number of methoxy groups -OCH3 is 1. The quantitative estimate of drug-likeness (QED) is 0.469. The summed E-state index contributed by atoms with van der Waals surface area (Å²) in [4.78, 5) is 36.9. The molecule has 1 saturated heterocycles. The third-order valence-corrected chi connectivity index (χ3v) is 2.82. The van der Waals surface area contributed by atoms with Gasteiger partial charge in [-0.15, -0.1) is 0 Å². The first-order chi connectivity index (χ1) is 8.08. The SMILES string of the molecule is CCN(CCN1C(=O)CCC1=O)CC(=O)OC. The van der Waals surface area contributed by atoms with E-state index in [1.165, 1.54) is 12.0 Å². The Hall–Kier alpha value is -1.43. The summed E-state index contributed by atoms with van der Waals surface area (Å²) in [5.41, 5.74) is 0. The van der Waals surface area contributed by atoms with Crippen LogP contribution in [0.1, 0.15) is 19.8 Å². The highest BCUT2D eigenvalue weighted by atomic mass is 16.5. The topological polar surface area (TPSA) is 66.9 Å². The molecule has 0 radical (unpaired) electrons. The van der Waals surface area contributed by atoms with E-state index in [1.54, 1.807) is 0 Å². The van der Waals surface area contributed by atoms with Gasteiger partial charge >= 0.3 is 5.97 Å². The van der Waals surface area contributed by atoms with Crippen molar-refractivity contribution in [3.05, 3.63) is 0 Å². The molecule has 96 valence electrons. The van der Waals surface area contributed by atoms with Crippen LogP contribution < -0.4 is 0 Å². The lowest BCUT2D eigenvalue weighted by Gasteiger charge is -2.22. The van der Waals surface area contributed by atoms with E-state index < -0.39 is 0 Å². The Morgan fingerprint density at radius 3 is 2.41 bits per heavy atom. The number of likely N-dealkylation sites (tertiary alicyclic amines) is 1. The largest absolute Gasteiger partial charge is 0.468 e. The normalized spacial score (nSPS) is 15.8. The van der Waals surface area contributed by atoms with Crippen molar-refractivity contribution in [3.63, 3.8) is 0 Å². The maximum absolute atomic E-state index is 11.4. The lowest BCUT2D eigenvalue weighted by atomic mass is 10.4. The minimum atomic E-state index is -0.314. The van der Waals surface area contributed by atoms with Gasteiger partial charge in [0.15, 0.2) is 0 Å². The molecule has 1 aliphatic heterocycles. The Kier molecular flexibility index (Phi) is 5.09. The van der Waals surface area contributed by atoms with Crippen LogP contribution in [0.4, 0.5) is 0 Å². The molecular formula is C11H18N2O4. The Morgan fingerprint density at radius 1 is 1.35 bits per heavy atom. The second-order valence-electron chi connectivity index (χ2n) is 3.88. The van der Waals surface area contributed by atoms with Crippen LogP contribution in [-0.2, 0) is 19.1 Å². The first-order valence-electron chi connectivity index (χ1n) is 5.70. The van der Waals surface area contributed by atoms with E-state index in [0.717, 1.165) is 0 Å². The standard InChI is InChI=1S/C11H18N2O4/c1-3-12(8-11(16)17-2)6-7-13-9(14)4-5-10(13)15/h3-8H2,1-2H3. The van der Waals surface area contributed by atoms with Gasteiger partial charge in [-0.2, -0.15) is 0 Å². The molecule has 1 rings (SSSR count). The van der Waals surface area contributed by atoms with Crippen molar-refractivity contribution in [2.75, 3.05) is 33.3 Å². The highest BCUT2D eigenvalue weighted by Gasteiger charge is 2.28. The Bertz CT molecular complexity index is 301. The van der Waals surface area contributed by atoms with E-state index in [0.29, 0.717) is 32.5 Å². The number of likely N-dealkylation sites (N-methyl/N-ethyl adjacent to an activating group) is 1. The van der Waals surface area contributed by atoms with Crippen molar-refractivity contribution in [1.82, 2.24) is 9.80 Å². The molecule has 1 heterocycles. The third-order valence-electron chi connectivity index (χ3n) is 2.82. The van der Waals surface area contributed by atoms with Crippen molar-refractivity contribution in [3.8, 4) is 0 Å². The summed E-state index contributed by atoms with van der Waals surface area (Å²) in [6.07, 6.45) is 0.615. The van der Waals surface area contributed by atoms with Gasteiger partial charge in [0.2, 0.25) is 11.8 Å². The second kappa shape index (κ2) is 6.34. The van der Waals surface area contributed by atoms with Crippen LogP contribution in [0.3, 0.4) is 0 Å². The highest BCUT2D eigenvalue weighted by molar-refractivity contribution is 6.01. The molecule has 0 atom stereocenters. The molecule has 0 aliphatic carbocycles. The number of esters is 1. The maximum atomic E-state index is 11.4. The van der Waals surface area contributed by atoms with Crippen molar-refractivity contribution in [1.29, 1.82) is 0 Å². The van der Waals surface area contributed by atoms with Gasteiger partial charge in [0, 0.05) is 25.9 Å². The van der Waals surface area contributed by atoms with Gasteiger partial charge in [0.05, 0.1) is 13.7 Å². The number of rotatable bonds is 6. The molecule has 1 fully saturated rings. The highest BCUT2D eigenvalue weighted by Crippen LogP contribution is 2.11. The van der Waals surface area contributed by atoms with Crippen LogP contribution in [0.2, 0.25) is 0 Å². The zero-order valence-electron chi connectivity index (χ0n) is 10.3. The Morgan fingerprint density at radius 2 is 1.94 bits per heavy atom. The summed E-state index contributed by atoms with van der Waals surface area (Å²) in [7, 11) is 1.34. The van der Waals surface area contributed by atoms with E-state index >= 15 is 0 Å². The Labute approximate surface area is 101 Å². The van der Waals surface area contributed by atoms with Crippen LogP contribution in [0.5, 0.6) is 0 Å². The smallest absolute Gasteiger partial charge is 0.319 e. The molecule has 1 aliphatic rings. The fourth-order valence-corrected chi connectivity index (χ4v) is 1.71. The average molecular weight is 242 g/mol. The number of nitrogens with zero attached hydrogens (tertiary/aromatic N) is 2. The number of hydrogen-bond donors (Lipinski definition) is 0. The average Bonchev–Trinajstić information content (AvgIpc) is 2.64. The number of hydrogen-bond acceptors (Lipinski definition) is 5. The summed E-state index contributed by atoms with van der Waals surface area (Å²) in [5.74, 6) is -0.556. The van der Waals surface area contributed by atoms with Crippen LogP contribution >= 0.6 is 0 Å². The van der Waals surface area contributed by atoms with Crippen LogP contribution in [0.25, 0.3) is 0 Å². The second-order valence-corrected chi connectivity index (χ2v) is 3.88. The summed E-state index contributed by atoms with van der Waals surface area (Å²) in [6.45, 7) is 3.62. The number of amides is 2. The zero-order chi connectivity index (χ0) is 12.8. The van der Waals surface area contributed by atoms with Gasteiger partial charge in [-0.1, -0.05) is 6.92 Å². The van der Waals surface area contributed by atoms with Crippen LogP contribution in [0, 0.1) is 0 Å². The van der Waals surface area contributed by atoms with Crippen molar-refractivity contribution < 1.29 is 19.1 Å². The number of imide groups is 1. The maximum Gasteiger partial charge on any atom is 0.319 e. The lowest BCUT2D eigenvalue weighted by Crippen LogP contribution is -2.40. The van der Waals surface area contributed by atoms with Gasteiger partial charge in [-0.3, -0.25) is 24.2 Å². The molecule has 6 nitrogen and oxygen atoms in total. The fraction of sp³-hybridized carbons (Fsp3) is 0.727. The monoisotopic (exact) mass is 242 g/mol. The molecule has 0 aromatic heterocycles. The summed E-state index contributed by atoms with van der Waals surface area (Å²) < 4.78 is 4.57. The van der Waals surface area contributed by atoms with E-state index in [4.69, 9.17) is 0 Å². The van der Waals surface area contributed by atoms with E-state index in [-0.39, 0.29) is 24.3 Å². The Balaban J connectivity index is 2.39. The molecule has 2 amide bonds. The number of ether oxygens (including phenoxy) is 1. The van der Waals surface area contributed by atoms with Gasteiger partial charge < -0.3 is 4.74 Å². The minimum absolute atomic E-state index is 0.121. The van der Waals surface area contributed by atoms with Crippen LogP contribution in [0.15, 0.2) is 0 Å². The number of carbonyl (C=O) groups excluding carboxylic acids is 3. The molecule has 0 spiro atoms. The van der Waals surface area contributed by atoms with Crippen molar-refractivity contribution in [2.24, 2.45) is 0 Å². The van der Waals surface area contributed by atoms with Gasteiger partial charge in [-0.25, -0.2) is 0 Å². The molecule has 6 heteroatoms. The predicted octanol–water partition coefficient (Wildman–Crippen LogP) is -0.370. The molecular weight excluding hydrogens is 224 g/mol. The first-order valence-corrected chi connectivity index (χ1v) is 5.70. The molecule has 0 saturated carbocycles.